The van der Waals surface area contributed by atoms with Crippen LogP contribution in [0.4, 0.5) is 10.1 Å². The number of rotatable bonds is 8. The molecule has 3 aliphatic rings. The van der Waals surface area contributed by atoms with Gasteiger partial charge in [0.15, 0.2) is 0 Å². The van der Waals surface area contributed by atoms with Crippen LogP contribution in [0, 0.1) is 17.7 Å². The van der Waals surface area contributed by atoms with E-state index in [1.165, 1.54) is 6.07 Å². The Bertz CT molecular complexity index is 1330. The fraction of sp³-hybridized carbons (Fsp3) is 0.440. The van der Waals surface area contributed by atoms with Crippen LogP contribution in [0.2, 0.25) is 0 Å². The maximum Gasteiger partial charge on any atom is 0.341 e. The highest BCUT2D eigenvalue weighted by molar-refractivity contribution is 7.92. The van der Waals surface area contributed by atoms with E-state index in [1.807, 2.05) is 6.92 Å². The Hall–Kier alpha value is -3.18. The number of ether oxygens (including phenoxy) is 1. The van der Waals surface area contributed by atoms with Crippen molar-refractivity contribution < 1.29 is 32.2 Å². The lowest BCUT2D eigenvalue weighted by Crippen LogP contribution is -2.33. The summed E-state index contributed by atoms with van der Waals surface area (Å²) < 4.78 is 48.8. The molecule has 2 aliphatic heterocycles. The second-order valence-electron chi connectivity index (χ2n) is 9.58. The van der Waals surface area contributed by atoms with Crippen LogP contribution in [-0.4, -0.2) is 56.5 Å². The second-order valence-corrected chi connectivity index (χ2v) is 11.2. The smallest absolute Gasteiger partial charge is 0.341 e. The van der Waals surface area contributed by atoms with Gasteiger partial charge < -0.3 is 20.1 Å². The van der Waals surface area contributed by atoms with Gasteiger partial charge in [-0.25, -0.2) is 17.6 Å². The molecule has 192 valence electrons. The third kappa shape index (κ3) is 4.64. The van der Waals surface area contributed by atoms with Gasteiger partial charge in [0.05, 0.1) is 23.1 Å². The van der Waals surface area contributed by atoms with Crippen LogP contribution in [0.1, 0.15) is 47.2 Å². The summed E-state index contributed by atoms with van der Waals surface area (Å²) in [6.07, 6.45) is 1.62. The molecule has 0 spiro atoms. The molecular formula is C25H28FN3O6S. The van der Waals surface area contributed by atoms with Crippen molar-refractivity contribution in [3.8, 4) is 5.75 Å². The van der Waals surface area contributed by atoms with E-state index in [2.05, 4.69) is 14.9 Å². The number of nitrogens with zero attached hydrogens (tertiary/aromatic N) is 1. The number of halogens is 1. The molecule has 0 radical (unpaired) electrons. The molecule has 1 aliphatic carbocycles. The SMILES string of the molecule is CCN1CCC(C(=O)NCc2cc(F)ccc2S(=O)(=O)Nc2ccc3c(c2C(=O)O)OCC2CC32)C1. The van der Waals surface area contributed by atoms with E-state index in [9.17, 15) is 27.5 Å². The molecule has 3 atom stereocenters. The van der Waals surface area contributed by atoms with Crippen molar-refractivity contribution in [2.45, 2.75) is 37.1 Å². The number of hydrogen-bond acceptors (Lipinski definition) is 6. The molecule has 1 amide bonds. The normalized spacial score (nSPS) is 22.8. The lowest BCUT2D eigenvalue weighted by molar-refractivity contribution is -0.124. The minimum Gasteiger partial charge on any atom is -0.492 e. The zero-order valence-corrected chi connectivity index (χ0v) is 20.6. The van der Waals surface area contributed by atoms with E-state index in [-0.39, 0.29) is 51.7 Å². The van der Waals surface area contributed by atoms with E-state index in [0.717, 1.165) is 43.3 Å². The number of amides is 1. The van der Waals surface area contributed by atoms with E-state index < -0.39 is 21.8 Å². The van der Waals surface area contributed by atoms with E-state index in [4.69, 9.17) is 4.74 Å². The predicted molar refractivity (Wildman–Crippen MR) is 129 cm³/mol. The predicted octanol–water partition coefficient (Wildman–Crippen LogP) is 2.78. The monoisotopic (exact) mass is 517 g/mol. The first-order chi connectivity index (χ1) is 17.2. The van der Waals surface area contributed by atoms with Crippen molar-refractivity contribution in [3.05, 3.63) is 52.8 Å². The second kappa shape index (κ2) is 9.36. The number of fused-ring (bicyclic) bond motifs is 3. The summed E-state index contributed by atoms with van der Waals surface area (Å²) in [5.41, 5.74) is 0.448. The number of hydrogen-bond donors (Lipinski definition) is 3. The van der Waals surface area contributed by atoms with Gasteiger partial charge >= 0.3 is 5.97 Å². The summed E-state index contributed by atoms with van der Waals surface area (Å²) in [6.45, 7) is 4.51. The van der Waals surface area contributed by atoms with Gasteiger partial charge in [-0.3, -0.25) is 9.52 Å². The van der Waals surface area contributed by atoms with E-state index in [1.54, 1.807) is 6.07 Å². The van der Waals surface area contributed by atoms with Gasteiger partial charge in [0.2, 0.25) is 5.91 Å². The molecule has 0 bridgehead atoms. The number of likely N-dealkylation sites (tertiary alicyclic amines) is 1. The third-order valence-electron chi connectivity index (χ3n) is 7.27. The fourth-order valence-electron chi connectivity index (χ4n) is 5.16. The van der Waals surface area contributed by atoms with Gasteiger partial charge in [-0.1, -0.05) is 13.0 Å². The number of benzene rings is 2. The number of aromatic carboxylic acids is 1. The molecule has 2 heterocycles. The Balaban J connectivity index is 1.39. The number of carboxylic acid groups (broad SMARTS) is 1. The molecule has 2 aromatic carbocycles. The zero-order valence-electron chi connectivity index (χ0n) is 19.8. The quantitative estimate of drug-likeness (QED) is 0.492. The van der Waals surface area contributed by atoms with Crippen LogP contribution in [-0.2, 0) is 21.4 Å². The van der Waals surface area contributed by atoms with Crippen LogP contribution in [0.5, 0.6) is 5.75 Å². The lowest BCUT2D eigenvalue weighted by atomic mass is 10.0. The molecule has 36 heavy (non-hydrogen) atoms. The largest absolute Gasteiger partial charge is 0.492 e. The maximum atomic E-state index is 14.1. The number of anilines is 1. The number of carboxylic acids is 1. The minimum atomic E-state index is -4.32. The zero-order chi connectivity index (χ0) is 25.6. The fourth-order valence-corrected chi connectivity index (χ4v) is 6.45. The van der Waals surface area contributed by atoms with Crippen LogP contribution in [0.25, 0.3) is 0 Å². The molecule has 2 aromatic rings. The van der Waals surface area contributed by atoms with Crippen molar-refractivity contribution in [1.82, 2.24) is 10.2 Å². The van der Waals surface area contributed by atoms with Crippen LogP contribution in [0.3, 0.4) is 0 Å². The van der Waals surface area contributed by atoms with Crippen molar-refractivity contribution >= 4 is 27.6 Å². The summed E-state index contributed by atoms with van der Waals surface area (Å²) in [5.74, 6) is -1.61. The highest BCUT2D eigenvalue weighted by Gasteiger charge is 2.45. The first-order valence-electron chi connectivity index (χ1n) is 12.0. The van der Waals surface area contributed by atoms with Gasteiger partial charge in [0, 0.05) is 19.0 Å². The van der Waals surface area contributed by atoms with Gasteiger partial charge in [-0.15, -0.1) is 0 Å². The van der Waals surface area contributed by atoms with Crippen molar-refractivity contribution in [3.63, 3.8) is 0 Å². The molecule has 0 aromatic heterocycles. The average Bonchev–Trinajstić information content (AvgIpc) is 3.48. The molecule has 3 N–H and O–H groups in total. The molecule has 3 unspecified atom stereocenters. The molecule has 1 saturated carbocycles. The summed E-state index contributed by atoms with van der Waals surface area (Å²) >= 11 is 0. The molecule has 11 heteroatoms. The molecule has 9 nitrogen and oxygen atoms in total. The summed E-state index contributed by atoms with van der Waals surface area (Å²) in [7, 11) is -4.32. The van der Waals surface area contributed by atoms with Crippen LogP contribution >= 0.6 is 0 Å². The summed E-state index contributed by atoms with van der Waals surface area (Å²) in [6, 6.07) is 6.29. The minimum absolute atomic E-state index is 0.0631. The van der Waals surface area contributed by atoms with Crippen LogP contribution in [0.15, 0.2) is 35.2 Å². The Labute approximate surface area is 208 Å². The number of carbonyl (C=O) groups is 2. The van der Waals surface area contributed by atoms with Crippen molar-refractivity contribution in [2.75, 3.05) is 31.0 Å². The Morgan fingerprint density at radius 3 is 2.78 bits per heavy atom. The van der Waals surface area contributed by atoms with Gasteiger partial charge in [0.25, 0.3) is 10.0 Å². The van der Waals surface area contributed by atoms with E-state index >= 15 is 0 Å². The number of carbonyl (C=O) groups excluding carboxylic acids is 1. The summed E-state index contributed by atoms with van der Waals surface area (Å²) in [4.78, 5) is 26.6. The molecular weight excluding hydrogens is 489 g/mol. The number of nitrogens with one attached hydrogen (secondary N) is 2. The van der Waals surface area contributed by atoms with Crippen LogP contribution < -0.4 is 14.8 Å². The number of sulfonamides is 1. The Morgan fingerprint density at radius 1 is 1.25 bits per heavy atom. The highest BCUT2D eigenvalue weighted by Crippen LogP contribution is 2.55. The topological polar surface area (TPSA) is 125 Å². The third-order valence-corrected chi connectivity index (χ3v) is 8.73. The van der Waals surface area contributed by atoms with Gasteiger partial charge in [-0.2, -0.15) is 0 Å². The Kier molecular flexibility index (Phi) is 6.37. The highest BCUT2D eigenvalue weighted by atomic mass is 32.2. The van der Waals surface area contributed by atoms with Gasteiger partial charge in [-0.05, 0) is 67.2 Å². The lowest BCUT2D eigenvalue weighted by Gasteiger charge is -2.21. The maximum absolute atomic E-state index is 14.1. The first-order valence-corrected chi connectivity index (χ1v) is 13.5. The first kappa shape index (κ1) is 24.5. The van der Waals surface area contributed by atoms with Crippen molar-refractivity contribution in [2.24, 2.45) is 11.8 Å². The van der Waals surface area contributed by atoms with Crippen molar-refractivity contribution in [1.29, 1.82) is 0 Å². The Morgan fingerprint density at radius 2 is 2.06 bits per heavy atom. The average molecular weight is 518 g/mol. The molecule has 2 fully saturated rings. The standard InChI is InChI=1S/C25H28FN3O6S/c1-2-29-8-7-14(12-29)24(30)27-11-15-9-17(26)3-6-21(15)36(33,34)28-20-5-4-18-19-10-16(19)13-35-23(18)22(20)25(31)32/h3-6,9,14,16,19,28H,2,7-8,10-13H2,1H3,(H,27,30)(H,31,32). The molecule has 1 saturated heterocycles. The van der Waals surface area contributed by atoms with Gasteiger partial charge in [0.1, 0.15) is 17.1 Å². The molecule has 5 rings (SSSR count). The summed E-state index contributed by atoms with van der Waals surface area (Å²) in [5, 5.41) is 12.6. The van der Waals surface area contributed by atoms with E-state index in [0.29, 0.717) is 25.5 Å².